The van der Waals surface area contributed by atoms with E-state index in [0.717, 1.165) is 23.6 Å². The Morgan fingerprint density at radius 2 is 2.20 bits per heavy atom. The minimum Gasteiger partial charge on any atom is -0.268 e. The highest BCUT2D eigenvalue weighted by Gasteiger charge is 2.13. The molecule has 2 rings (SSSR count). The molecule has 0 saturated carbocycles. The zero-order valence-electron chi connectivity index (χ0n) is 8.74. The number of rotatable bonds is 2. The van der Waals surface area contributed by atoms with Crippen LogP contribution in [0.25, 0.3) is 11.4 Å². The fraction of sp³-hybridized carbons (Fsp3) is 0.273. The van der Waals surface area contributed by atoms with Crippen LogP contribution in [-0.2, 0) is 6.54 Å². The maximum absolute atomic E-state index is 6.20. The highest BCUT2D eigenvalue weighted by molar-refractivity contribution is 6.33. The third kappa shape index (κ3) is 1.75. The van der Waals surface area contributed by atoms with E-state index >= 15 is 0 Å². The van der Waals surface area contributed by atoms with Crippen molar-refractivity contribution in [3.05, 3.63) is 35.1 Å². The largest absolute Gasteiger partial charge is 0.268 e. The molecular weight excluding hydrogens is 210 g/mol. The van der Waals surface area contributed by atoms with E-state index in [4.69, 9.17) is 11.6 Å². The zero-order chi connectivity index (χ0) is 10.8. The predicted octanol–water partition coefficient (Wildman–Crippen LogP) is 2.93. The van der Waals surface area contributed by atoms with Crippen LogP contribution in [-0.4, -0.2) is 14.8 Å². The SMILES string of the molecule is CCn1nc(-c2ccccn2)c(Cl)c1C. The summed E-state index contributed by atoms with van der Waals surface area (Å²) in [4.78, 5) is 4.24. The average Bonchev–Trinajstić information content (AvgIpc) is 2.57. The van der Waals surface area contributed by atoms with Crippen LogP contribution in [0.2, 0.25) is 5.02 Å². The Morgan fingerprint density at radius 1 is 1.40 bits per heavy atom. The molecule has 2 heterocycles. The molecule has 0 N–H and O–H groups in total. The molecular formula is C11H12ClN3. The number of hydrogen-bond donors (Lipinski definition) is 0. The van der Waals surface area contributed by atoms with Gasteiger partial charge in [0.05, 0.1) is 16.4 Å². The highest BCUT2D eigenvalue weighted by Crippen LogP contribution is 2.27. The third-order valence-corrected chi connectivity index (χ3v) is 2.79. The van der Waals surface area contributed by atoms with Gasteiger partial charge >= 0.3 is 0 Å². The van der Waals surface area contributed by atoms with Gasteiger partial charge in [0.15, 0.2) is 0 Å². The molecule has 0 aliphatic carbocycles. The lowest BCUT2D eigenvalue weighted by molar-refractivity contribution is 0.641. The van der Waals surface area contributed by atoms with Crippen molar-refractivity contribution in [2.45, 2.75) is 20.4 Å². The number of hydrogen-bond acceptors (Lipinski definition) is 2. The van der Waals surface area contributed by atoms with Gasteiger partial charge in [-0.15, -0.1) is 0 Å². The van der Waals surface area contributed by atoms with Crippen LogP contribution < -0.4 is 0 Å². The van der Waals surface area contributed by atoms with E-state index in [1.807, 2.05) is 36.7 Å². The van der Waals surface area contributed by atoms with Crippen LogP contribution in [0.5, 0.6) is 0 Å². The van der Waals surface area contributed by atoms with Crippen molar-refractivity contribution in [3.8, 4) is 11.4 Å². The first-order valence-corrected chi connectivity index (χ1v) is 5.26. The number of aromatic nitrogens is 3. The molecule has 0 fully saturated rings. The Kier molecular flexibility index (Phi) is 2.73. The summed E-state index contributed by atoms with van der Waals surface area (Å²) in [6.45, 7) is 4.82. The van der Waals surface area contributed by atoms with Gasteiger partial charge in [-0.3, -0.25) is 9.67 Å². The zero-order valence-corrected chi connectivity index (χ0v) is 9.49. The number of pyridine rings is 1. The first-order valence-electron chi connectivity index (χ1n) is 4.88. The highest BCUT2D eigenvalue weighted by atomic mass is 35.5. The van der Waals surface area contributed by atoms with E-state index in [2.05, 4.69) is 10.1 Å². The second-order valence-electron chi connectivity index (χ2n) is 3.28. The van der Waals surface area contributed by atoms with Gasteiger partial charge in [-0.25, -0.2) is 0 Å². The molecule has 0 radical (unpaired) electrons. The molecule has 15 heavy (non-hydrogen) atoms. The smallest absolute Gasteiger partial charge is 0.130 e. The molecule has 0 aliphatic heterocycles. The summed E-state index contributed by atoms with van der Waals surface area (Å²) in [6, 6.07) is 5.72. The van der Waals surface area contributed by atoms with Crippen LogP contribution in [0.3, 0.4) is 0 Å². The van der Waals surface area contributed by atoms with E-state index in [9.17, 15) is 0 Å². The van der Waals surface area contributed by atoms with Crippen molar-refractivity contribution < 1.29 is 0 Å². The van der Waals surface area contributed by atoms with Crippen LogP contribution in [0, 0.1) is 6.92 Å². The van der Waals surface area contributed by atoms with Gasteiger partial charge in [0.2, 0.25) is 0 Å². The van der Waals surface area contributed by atoms with Crippen molar-refractivity contribution in [2.75, 3.05) is 0 Å². The van der Waals surface area contributed by atoms with E-state index < -0.39 is 0 Å². The van der Waals surface area contributed by atoms with Gasteiger partial charge in [0, 0.05) is 12.7 Å². The Hall–Kier alpha value is -1.35. The average molecular weight is 222 g/mol. The van der Waals surface area contributed by atoms with Gasteiger partial charge in [-0.05, 0) is 26.0 Å². The maximum atomic E-state index is 6.20. The van der Waals surface area contributed by atoms with Crippen molar-refractivity contribution >= 4 is 11.6 Å². The van der Waals surface area contributed by atoms with E-state index in [-0.39, 0.29) is 0 Å². The first-order chi connectivity index (χ1) is 7.24. The van der Waals surface area contributed by atoms with E-state index in [0.29, 0.717) is 5.02 Å². The molecule has 78 valence electrons. The lowest BCUT2D eigenvalue weighted by Crippen LogP contribution is -1.98. The summed E-state index contributed by atoms with van der Waals surface area (Å²) in [5.74, 6) is 0. The first kappa shape index (κ1) is 10.2. The summed E-state index contributed by atoms with van der Waals surface area (Å²) in [5.41, 5.74) is 2.56. The third-order valence-electron chi connectivity index (χ3n) is 2.34. The second kappa shape index (κ2) is 4.03. The van der Waals surface area contributed by atoms with Crippen LogP contribution in [0.1, 0.15) is 12.6 Å². The predicted molar refractivity (Wildman–Crippen MR) is 60.9 cm³/mol. The van der Waals surface area contributed by atoms with Crippen molar-refractivity contribution in [1.29, 1.82) is 0 Å². The second-order valence-corrected chi connectivity index (χ2v) is 3.66. The summed E-state index contributed by atoms with van der Waals surface area (Å²) < 4.78 is 1.88. The van der Waals surface area contributed by atoms with Crippen LogP contribution in [0.15, 0.2) is 24.4 Å². The molecule has 0 aliphatic rings. The summed E-state index contributed by atoms with van der Waals surface area (Å²) in [5, 5.41) is 5.11. The molecule has 2 aromatic heterocycles. The lowest BCUT2D eigenvalue weighted by Gasteiger charge is -1.96. The molecule has 4 heteroatoms. The molecule has 0 aromatic carbocycles. The summed E-state index contributed by atoms with van der Waals surface area (Å²) in [6.07, 6.45) is 1.74. The van der Waals surface area contributed by atoms with Crippen molar-refractivity contribution in [1.82, 2.24) is 14.8 Å². The molecule has 0 bridgehead atoms. The number of halogens is 1. The molecule has 2 aromatic rings. The normalized spacial score (nSPS) is 10.6. The molecule has 3 nitrogen and oxygen atoms in total. The fourth-order valence-corrected chi connectivity index (χ4v) is 1.73. The monoisotopic (exact) mass is 221 g/mol. The fourth-order valence-electron chi connectivity index (χ4n) is 1.50. The van der Waals surface area contributed by atoms with E-state index in [1.165, 1.54) is 0 Å². The minimum absolute atomic E-state index is 0.690. The van der Waals surface area contributed by atoms with Gasteiger partial charge in [0.1, 0.15) is 5.69 Å². The minimum atomic E-state index is 0.690. The van der Waals surface area contributed by atoms with Crippen molar-refractivity contribution in [3.63, 3.8) is 0 Å². The van der Waals surface area contributed by atoms with Crippen LogP contribution in [0.4, 0.5) is 0 Å². The van der Waals surface area contributed by atoms with Crippen LogP contribution >= 0.6 is 11.6 Å². The maximum Gasteiger partial charge on any atom is 0.130 e. The van der Waals surface area contributed by atoms with Gasteiger partial charge in [-0.2, -0.15) is 5.10 Å². The molecule has 0 amide bonds. The Morgan fingerprint density at radius 3 is 2.73 bits per heavy atom. The summed E-state index contributed by atoms with van der Waals surface area (Å²) >= 11 is 6.20. The molecule has 0 spiro atoms. The Labute approximate surface area is 93.7 Å². The summed E-state index contributed by atoms with van der Waals surface area (Å²) in [7, 11) is 0. The van der Waals surface area contributed by atoms with Gasteiger partial charge in [0.25, 0.3) is 0 Å². The Bertz CT molecular complexity index is 462. The topological polar surface area (TPSA) is 30.7 Å². The van der Waals surface area contributed by atoms with Crippen molar-refractivity contribution in [2.24, 2.45) is 0 Å². The molecule has 0 unspecified atom stereocenters. The van der Waals surface area contributed by atoms with Gasteiger partial charge < -0.3 is 0 Å². The lowest BCUT2D eigenvalue weighted by atomic mass is 10.2. The number of nitrogens with zero attached hydrogens (tertiary/aromatic N) is 3. The van der Waals surface area contributed by atoms with E-state index in [1.54, 1.807) is 6.20 Å². The Balaban J connectivity index is 2.55. The quantitative estimate of drug-likeness (QED) is 0.781. The molecule has 0 saturated heterocycles. The number of aryl methyl sites for hydroxylation is 1. The standard InChI is InChI=1S/C11H12ClN3/c1-3-15-8(2)10(12)11(14-15)9-6-4-5-7-13-9/h4-7H,3H2,1-2H3. The molecule has 0 atom stereocenters. The van der Waals surface area contributed by atoms with Gasteiger partial charge in [-0.1, -0.05) is 17.7 Å².